The number of pyridine rings is 1. The van der Waals surface area contributed by atoms with Crippen LogP contribution in [0.4, 0.5) is 20.8 Å². The molecule has 150 valence electrons. The van der Waals surface area contributed by atoms with Crippen LogP contribution in [0.25, 0.3) is 0 Å². The van der Waals surface area contributed by atoms with Gasteiger partial charge < -0.3 is 24.5 Å². The lowest BCUT2D eigenvalue weighted by Crippen LogP contribution is -2.49. The minimum atomic E-state index is -1.30. The Bertz CT molecular complexity index is 822. The molecular weight excluding hydrogens is 371 g/mol. The molecule has 1 N–H and O–H groups in total. The number of aromatic nitrogens is 1. The lowest BCUT2D eigenvalue weighted by atomic mass is 9.93. The number of anilines is 2. The van der Waals surface area contributed by atoms with Gasteiger partial charge in [0.1, 0.15) is 11.7 Å². The number of carboxylic acid groups (broad SMARTS) is 1. The maximum absolute atomic E-state index is 14.7. The van der Waals surface area contributed by atoms with Gasteiger partial charge in [-0.1, -0.05) is 6.58 Å². The molecule has 2 aliphatic rings. The van der Waals surface area contributed by atoms with Crippen molar-refractivity contribution in [1.82, 2.24) is 9.88 Å². The maximum atomic E-state index is 14.7. The number of fused-ring (bicyclic) bond motifs is 1. The largest absolute Gasteiger partial charge is 0.481 e. The van der Waals surface area contributed by atoms with Gasteiger partial charge in [-0.3, -0.25) is 9.59 Å². The number of rotatable bonds is 4. The van der Waals surface area contributed by atoms with E-state index >= 15 is 0 Å². The fraction of sp³-hybridized carbons (Fsp3) is 0.444. The molecule has 0 saturated carbocycles. The standard InChI is InChI=1S/C18H21FN4O5/c1-3-21-10-12(17(25)26)14(24)11-9-13(19)16(20-15(11)21)22-5-7-23(8-6-22)18(27)28-4-2/h3,9,12H,1,4-8,10H2,2H3,(H,25,26). The second kappa shape index (κ2) is 7.83. The van der Waals surface area contributed by atoms with E-state index in [1.807, 2.05) is 0 Å². The molecule has 0 aliphatic carbocycles. The van der Waals surface area contributed by atoms with E-state index in [9.17, 15) is 23.9 Å². The quantitative estimate of drug-likeness (QED) is 0.766. The van der Waals surface area contributed by atoms with Gasteiger partial charge in [-0.25, -0.2) is 14.2 Å². The average molecular weight is 392 g/mol. The first kappa shape index (κ1) is 19.6. The molecule has 0 aromatic carbocycles. The lowest BCUT2D eigenvalue weighted by Gasteiger charge is -2.36. The van der Waals surface area contributed by atoms with Gasteiger partial charge in [0.25, 0.3) is 0 Å². The van der Waals surface area contributed by atoms with Crippen LogP contribution < -0.4 is 9.80 Å². The van der Waals surface area contributed by atoms with Crippen molar-refractivity contribution in [1.29, 1.82) is 0 Å². The highest BCUT2D eigenvalue weighted by atomic mass is 19.1. The Morgan fingerprint density at radius 2 is 2.04 bits per heavy atom. The highest BCUT2D eigenvalue weighted by Gasteiger charge is 2.38. The van der Waals surface area contributed by atoms with Crippen LogP contribution in [0.5, 0.6) is 0 Å². The summed E-state index contributed by atoms with van der Waals surface area (Å²) in [5, 5.41) is 9.24. The fourth-order valence-electron chi connectivity index (χ4n) is 3.31. The van der Waals surface area contributed by atoms with Crippen molar-refractivity contribution >= 4 is 29.5 Å². The van der Waals surface area contributed by atoms with Gasteiger partial charge in [0, 0.05) is 32.7 Å². The minimum absolute atomic E-state index is 0.0516. The molecule has 1 amide bonds. The fourth-order valence-corrected chi connectivity index (χ4v) is 3.31. The molecule has 0 spiro atoms. The van der Waals surface area contributed by atoms with Crippen molar-refractivity contribution in [2.24, 2.45) is 5.92 Å². The van der Waals surface area contributed by atoms with Crippen molar-refractivity contribution in [2.75, 3.05) is 49.1 Å². The van der Waals surface area contributed by atoms with E-state index in [4.69, 9.17) is 4.74 Å². The van der Waals surface area contributed by atoms with E-state index < -0.39 is 29.6 Å². The van der Waals surface area contributed by atoms with E-state index in [-0.39, 0.29) is 30.4 Å². The van der Waals surface area contributed by atoms with Gasteiger partial charge in [0.15, 0.2) is 17.4 Å². The number of piperazine rings is 1. The number of aliphatic carboxylic acids is 1. The zero-order valence-electron chi connectivity index (χ0n) is 15.4. The third kappa shape index (κ3) is 3.49. The Balaban J connectivity index is 1.86. The zero-order valence-corrected chi connectivity index (χ0v) is 15.4. The number of carboxylic acids is 1. The van der Waals surface area contributed by atoms with Gasteiger partial charge in [-0.05, 0) is 19.2 Å². The van der Waals surface area contributed by atoms with E-state index in [0.29, 0.717) is 26.2 Å². The van der Waals surface area contributed by atoms with Gasteiger partial charge in [-0.15, -0.1) is 0 Å². The SMILES string of the molecule is C=CN1CC(C(=O)O)C(=O)c2cc(F)c(N3CCN(C(=O)OCC)CC3)nc21. The normalized spacial score (nSPS) is 19.3. The first-order chi connectivity index (χ1) is 13.4. The molecule has 3 rings (SSSR count). The molecule has 1 unspecified atom stereocenters. The average Bonchev–Trinajstić information content (AvgIpc) is 2.68. The van der Waals surface area contributed by atoms with E-state index in [0.717, 1.165) is 6.07 Å². The Kier molecular flexibility index (Phi) is 5.48. The first-order valence-electron chi connectivity index (χ1n) is 8.90. The molecule has 0 bridgehead atoms. The molecule has 1 aromatic heterocycles. The molecule has 2 aliphatic heterocycles. The van der Waals surface area contributed by atoms with Crippen LogP contribution in [0.3, 0.4) is 0 Å². The Morgan fingerprint density at radius 3 is 2.61 bits per heavy atom. The molecule has 28 heavy (non-hydrogen) atoms. The van der Waals surface area contributed by atoms with Gasteiger partial charge in [-0.2, -0.15) is 0 Å². The summed E-state index contributed by atoms with van der Waals surface area (Å²) in [6, 6.07) is 1.03. The number of ketones is 1. The third-order valence-corrected chi connectivity index (χ3v) is 4.79. The number of ether oxygens (including phenoxy) is 1. The second-order valence-electron chi connectivity index (χ2n) is 6.43. The summed E-state index contributed by atoms with van der Waals surface area (Å²) in [5.41, 5.74) is -0.0787. The van der Waals surface area contributed by atoms with Crippen molar-refractivity contribution < 1.29 is 28.6 Å². The molecule has 1 fully saturated rings. The molecule has 1 atom stereocenters. The smallest absolute Gasteiger partial charge is 0.409 e. The van der Waals surface area contributed by atoms with Crippen molar-refractivity contribution in [2.45, 2.75) is 6.92 Å². The summed E-state index contributed by atoms with van der Waals surface area (Å²) >= 11 is 0. The van der Waals surface area contributed by atoms with Crippen LogP contribution in [-0.2, 0) is 9.53 Å². The Hall–Kier alpha value is -3.17. The first-order valence-corrected chi connectivity index (χ1v) is 8.90. The number of halogens is 1. The summed E-state index contributed by atoms with van der Waals surface area (Å²) in [7, 11) is 0. The van der Waals surface area contributed by atoms with Gasteiger partial charge in [0.2, 0.25) is 0 Å². The number of carbonyl (C=O) groups excluding carboxylic acids is 2. The van der Waals surface area contributed by atoms with Crippen molar-refractivity contribution in [3.05, 3.63) is 30.2 Å². The highest BCUT2D eigenvalue weighted by Crippen LogP contribution is 2.32. The van der Waals surface area contributed by atoms with E-state index in [1.165, 1.54) is 16.0 Å². The Labute approximate surface area is 161 Å². The number of hydrogen-bond acceptors (Lipinski definition) is 7. The number of carbonyl (C=O) groups is 3. The van der Waals surface area contributed by atoms with Crippen LogP contribution in [-0.4, -0.2) is 72.2 Å². The molecule has 10 heteroatoms. The number of nitrogens with zero attached hydrogens (tertiary/aromatic N) is 4. The zero-order chi connectivity index (χ0) is 20.4. The summed E-state index contributed by atoms with van der Waals surface area (Å²) in [4.78, 5) is 44.5. The molecule has 9 nitrogen and oxygen atoms in total. The molecular formula is C18H21FN4O5. The third-order valence-electron chi connectivity index (χ3n) is 4.79. The summed E-state index contributed by atoms with van der Waals surface area (Å²) < 4.78 is 19.7. The summed E-state index contributed by atoms with van der Waals surface area (Å²) in [6.07, 6.45) is 0.957. The number of amides is 1. The van der Waals surface area contributed by atoms with Crippen LogP contribution in [0.15, 0.2) is 18.8 Å². The maximum Gasteiger partial charge on any atom is 0.409 e. The van der Waals surface area contributed by atoms with Gasteiger partial charge >= 0.3 is 12.1 Å². The van der Waals surface area contributed by atoms with Crippen molar-refractivity contribution in [3.63, 3.8) is 0 Å². The van der Waals surface area contributed by atoms with E-state index in [2.05, 4.69) is 11.6 Å². The van der Waals surface area contributed by atoms with Crippen molar-refractivity contribution in [3.8, 4) is 0 Å². The summed E-state index contributed by atoms with van der Waals surface area (Å²) in [5.74, 6) is -3.73. The monoisotopic (exact) mass is 392 g/mol. The van der Waals surface area contributed by atoms with Gasteiger partial charge in [0.05, 0.1) is 12.2 Å². The predicted octanol–water partition coefficient (Wildman–Crippen LogP) is 1.35. The topological polar surface area (TPSA) is 103 Å². The number of Topliss-reactive ketones (excluding diaryl/α,β-unsaturated/α-hetero) is 1. The van der Waals surface area contributed by atoms with Crippen LogP contribution >= 0.6 is 0 Å². The van der Waals surface area contributed by atoms with E-state index in [1.54, 1.807) is 11.8 Å². The molecule has 3 heterocycles. The predicted molar refractivity (Wildman–Crippen MR) is 98.0 cm³/mol. The summed E-state index contributed by atoms with van der Waals surface area (Å²) in [6.45, 7) is 6.92. The molecule has 1 aromatic rings. The highest BCUT2D eigenvalue weighted by molar-refractivity contribution is 6.13. The molecule has 0 radical (unpaired) electrons. The van der Waals surface area contributed by atoms with Crippen LogP contribution in [0.1, 0.15) is 17.3 Å². The van der Waals surface area contributed by atoms with Crippen LogP contribution in [0, 0.1) is 11.7 Å². The molecule has 1 saturated heterocycles. The minimum Gasteiger partial charge on any atom is -0.481 e. The number of hydrogen-bond donors (Lipinski definition) is 1. The lowest BCUT2D eigenvalue weighted by molar-refractivity contribution is -0.139. The Morgan fingerprint density at radius 1 is 1.36 bits per heavy atom. The van der Waals surface area contributed by atoms with Crippen LogP contribution in [0.2, 0.25) is 0 Å². The second-order valence-corrected chi connectivity index (χ2v) is 6.43.